The molecule has 2 aromatic carbocycles. The van der Waals surface area contributed by atoms with E-state index in [2.05, 4.69) is 0 Å². The summed E-state index contributed by atoms with van der Waals surface area (Å²) in [5.74, 6) is -1.75. The van der Waals surface area contributed by atoms with Crippen LogP contribution in [0.25, 0.3) is 0 Å². The molecule has 0 atom stereocenters. The zero-order valence-corrected chi connectivity index (χ0v) is 15.9. The highest BCUT2D eigenvalue weighted by Gasteiger charge is 2.17. The zero-order valence-electron chi connectivity index (χ0n) is 15.9. The predicted molar refractivity (Wildman–Crippen MR) is 100 cm³/mol. The van der Waals surface area contributed by atoms with E-state index in [0.29, 0.717) is 12.3 Å². The van der Waals surface area contributed by atoms with Crippen LogP contribution in [0.2, 0.25) is 0 Å². The van der Waals surface area contributed by atoms with Crippen molar-refractivity contribution in [2.45, 2.75) is 6.54 Å². The summed E-state index contributed by atoms with van der Waals surface area (Å²) in [4.78, 5) is 27.6. The Kier molecular flexibility index (Phi) is 6.76. The van der Waals surface area contributed by atoms with Gasteiger partial charge in [0, 0.05) is 39.4 Å². The van der Waals surface area contributed by atoms with Gasteiger partial charge in [0.1, 0.15) is 11.6 Å². The molecule has 0 aliphatic carbocycles. The van der Waals surface area contributed by atoms with Gasteiger partial charge in [0.2, 0.25) is 0 Å². The molecule has 2 aromatic rings. The van der Waals surface area contributed by atoms with E-state index in [1.165, 1.54) is 24.1 Å². The first-order valence-corrected chi connectivity index (χ1v) is 8.32. The van der Waals surface area contributed by atoms with Gasteiger partial charge in [0.15, 0.2) is 6.61 Å². The molecule has 0 radical (unpaired) electrons. The molecular formula is C20H23FN2O4. The molecule has 0 spiro atoms. The van der Waals surface area contributed by atoms with E-state index in [1.54, 1.807) is 7.05 Å². The van der Waals surface area contributed by atoms with Crippen molar-refractivity contribution in [2.24, 2.45) is 0 Å². The maximum absolute atomic E-state index is 13.9. The fourth-order valence-corrected chi connectivity index (χ4v) is 2.37. The van der Waals surface area contributed by atoms with Gasteiger partial charge < -0.3 is 19.3 Å². The summed E-state index contributed by atoms with van der Waals surface area (Å²) in [7, 11) is 6.91. The Morgan fingerprint density at radius 1 is 1.04 bits per heavy atom. The molecule has 0 saturated carbocycles. The molecule has 144 valence electrons. The normalized spacial score (nSPS) is 10.3. The fourth-order valence-electron chi connectivity index (χ4n) is 2.37. The van der Waals surface area contributed by atoms with Crippen molar-refractivity contribution in [3.8, 4) is 5.75 Å². The van der Waals surface area contributed by atoms with Crippen LogP contribution in [0.3, 0.4) is 0 Å². The average molecular weight is 374 g/mol. The van der Waals surface area contributed by atoms with Crippen LogP contribution in [0.1, 0.15) is 15.9 Å². The van der Waals surface area contributed by atoms with E-state index in [4.69, 9.17) is 9.47 Å². The minimum Gasteiger partial charge on any atom is -0.497 e. The topological polar surface area (TPSA) is 59.1 Å². The molecule has 0 aliphatic rings. The van der Waals surface area contributed by atoms with Gasteiger partial charge in [0.25, 0.3) is 5.91 Å². The van der Waals surface area contributed by atoms with Crippen molar-refractivity contribution >= 4 is 17.6 Å². The molecule has 0 fully saturated rings. The minimum atomic E-state index is -0.896. The van der Waals surface area contributed by atoms with Crippen LogP contribution in [0.4, 0.5) is 10.1 Å². The molecule has 0 unspecified atom stereocenters. The lowest BCUT2D eigenvalue weighted by molar-refractivity contribution is -0.133. The maximum atomic E-state index is 13.9. The third-order valence-electron chi connectivity index (χ3n) is 4.02. The molecule has 2 rings (SSSR count). The Hall–Kier alpha value is -3.09. The highest BCUT2D eigenvalue weighted by molar-refractivity contribution is 5.91. The van der Waals surface area contributed by atoms with Gasteiger partial charge in [-0.3, -0.25) is 4.79 Å². The second kappa shape index (κ2) is 9.02. The number of anilines is 1. The first-order valence-electron chi connectivity index (χ1n) is 8.32. The molecule has 0 bridgehead atoms. The third-order valence-corrected chi connectivity index (χ3v) is 4.02. The van der Waals surface area contributed by atoms with Gasteiger partial charge in [-0.25, -0.2) is 9.18 Å². The molecule has 0 N–H and O–H groups in total. The SMILES string of the molecule is COc1ccc(C(=O)OCC(=O)N(C)Cc2ccc(N(C)C)cc2)c(F)c1. The lowest BCUT2D eigenvalue weighted by Crippen LogP contribution is -2.31. The van der Waals surface area contributed by atoms with Crippen LogP contribution in [0.5, 0.6) is 5.75 Å². The van der Waals surface area contributed by atoms with Crippen LogP contribution in [0, 0.1) is 5.82 Å². The van der Waals surface area contributed by atoms with Crippen LogP contribution < -0.4 is 9.64 Å². The van der Waals surface area contributed by atoms with Gasteiger partial charge in [-0.2, -0.15) is 0 Å². The van der Waals surface area contributed by atoms with Crippen molar-refractivity contribution in [1.29, 1.82) is 0 Å². The fraction of sp³-hybridized carbons (Fsp3) is 0.300. The third kappa shape index (κ3) is 5.44. The van der Waals surface area contributed by atoms with Gasteiger partial charge in [0.05, 0.1) is 12.7 Å². The Morgan fingerprint density at radius 2 is 1.70 bits per heavy atom. The quantitative estimate of drug-likeness (QED) is 0.698. The molecule has 0 heterocycles. The average Bonchev–Trinajstić information content (AvgIpc) is 2.65. The highest BCUT2D eigenvalue weighted by atomic mass is 19.1. The van der Waals surface area contributed by atoms with Gasteiger partial charge >= 0.3 is 5.97 Å². The highest BCUT2D eigenvalue weighted by Crippen LogP contribution is 2.17. The van der Waals surface area contributed by atoms with Gasteiger partial charge in [-0.15, -0.1) is 0 Å². The monoisotopic (exact) mass is 374 g/mol. The van der Waals surface area contributed by atoms with Crippen molar-refractivity contribution < 1.29 is 23.5 Å². The largest absolute Gasteiger partial charge is 0.497 e. The molecule has 1 amide bonds. The Labute approximate surface area is 158 Å². The number of amides is 1. The molecule has 7 heteroatoms. The summed E-state index contributed by atoms with van der Waals surface area (Å²) in [6, 6.07) is 11.6. The lowest BCUT2D eigenvalue weighted by atomic mass is 10.2. The molecule has 0 saturated heterocycles. The first-order chi connectivity index (χ1) is 12.8. The van der Waals surface area contributed by atoms with Crippen LogP contribution >= 0.6 is 0 Å². The summed E-state index contributed by atoms with van der Waals surface area (Å²) in [6.45, 7) is -0.0857. The number of ether oxygens (including phenoxy) is 2. The maximum Gasteiger partial charge on any atom is 0.341 e. The number of esters is 1. The number of halogens is 1. The van der Waals surface area contributed by atoms with Crippen molar-refractivity contribution in [3.05, 3.63) is 59.4 Å². The first kappa shape index (κ1) is 20.2. The number of rotatable bonds is 7. The zero-order chi connectivity index (χ0) is 20.0. The number of methoxy groups -OCH3 is 1. The number of carbonyl (C=O) groups is 2. The van der Waals surface area contributed by atoms with E-state index in [-0.39, 0.29) is 11.5 Å². The van der Waals surface area contributed by atoms with Crippen molar-refractivity contribution in [2.75, 3.05) is 39.8 Å². The number of hydrogen-bond donors (Lipinski definition) is 0. The summed E-state index contributed by atoms with van der Waals surface area (Å²) in [5.41, 5.74) is 1.76. The smallest absolute Gasteiger partial charge is 0.341 e. The second-order valence-electron chi connectivity index (χ2n) is 6.23. The van der Waals surface area contributed by atoms with Crippen LogP contribution in [-0.2, 0) is 16.1 Å². The van der Waals surface area contributed by atoms with Crippen LogP contribution in [-0.4, -0.2) is 51.6 Å². The number of nitrogens with zero attached hydrogens (tertiary/aromatic N) is 2. The Balaban J connectivity index is 1.89. The molecule has 0 aromatic heterocycles. The predicted octanol–water partition coefficient (Wildman–Crippen LogP) is 2.72. The number of likely N-dealkylation sites (N-methyl/N-ethyl adjacent to an activating group) is 1. The summed E-state index contributed by atoms with van der Waals surface area (Å²) >= 11 is 0. The van der Waals surface area contributed by atoms with Crippen LogP contribution in [0.15, 0.2) is 42.5 Å². The molecule has 0 aliphatic heterocycles. The van der Waals surface area contributed by atoms with E-state index in [0.717, 1.165) is 17.3 Å². The number of benzene rings is 2. The lowest BCUT2D eigenvalue weighted by Gasteiger charge is -2.18. The Bertz CT molecular complexity index is 806. The van der Waals surface area contributed by atoms with E-state index in [9.17, 15) is 14.0 Å². The Morgan fingerprint density at radius 3 is 2.26 bits per heavy atom. The van der Waals surface area contributed by atoms with Crippen molar-refractivity contribution in [1.82, 2.24) is 4.90 Å². The molecular weight excluding hydrogens is 351 g/mol. The summed E-state index contributed by atoms with van der Waals surface area (Å²) < 4.78 is 23.7. The summed E-state index contributed by atoms with van der Waals surface area (Å²) in [6.07, 6.45) is 0. The van der Waals surface area contributed by atoms with E-state index in [1.807, 2.05) is 43.3 Å². The molecule has 27 heavy (non-hydrogen) atoms. The number of hydrogen-bond acceptors (Lipinski definition) is 5. The standard InChI is InChI=1S/C20H23FN2O4/c1-22(2)15-7-5-14(6-8-15)12-23(3)19(24)13-27-20(25)17-10-9-16(26-4)11-18(17)21/h5-11H,12-13H2,1-4H3. The minimum absolute atomic E-state index is 0.245. The molecule has 6 nitrogen and oxygen atoms in total. The van der Waals surface area contributed by atoms with Gasteiger partial charge in [-0.05, 0) is 29.8 Å². The van der Waals surface area contributed by atoms with E-state index >= 15 is 0 Å². The number of carbonyl (C=O) groups excluding carboxylic acids is 2. The van der Waals surface area contributed by atoms with Gasteiger partial charge in [-0.1, -0.05) is 12.1 Å². The van der Waals surface area contributed by atoms with E-state index < -0.39 is 18.4 Å². The summed E-state index contributed by atoms with van der Waals surface area (Å²) in [5, 5.41) is 0. The van der Waals surface area contributed by atoms with Crippen molar-refractivity contribution in [3.63, 3.8) is 0 Å². The second-order valence-corrected chi connectivity index (χ2v) is 6.23.